The predicted octanol–water partition coefficient (Wildman–Crippen LogP) is 2.45. The Labute approximate surface area is 179 Å². The Kier molecular flexibility index (Phi) is 6.47. The molecule has 3 aromatic rings. The Bertz CT molecular complexity index is 983. The highest BCUT2D eigenvalue weighted by molar-refractivity contribution is 7.13. The second kappa shape index (κ2) is 9.42. The van der Waals surface area contributed by atoms with E-state index in [0.717, 1.165) is 49.9 Å². The quantitative estimate of drug-likeness (QED) is 0.572. The number of hydrogen-bond donors (Lipinski definition) is 2. The maximum absolute atomic E-state index is 10.8. The third-order valence-electron chi connectivity index (χ3n) is 5.40. The third-order valence-corrected chi connectivity index (χ3v) is 6.22. The average Bonchev–Trinajstić information content (AvgIpc) is 3.19. The van der Waals surface area contributed by atoms with E-state index in [0.29, 0.717) is 13.0 Å². The number of carboxylic acid groups (broad SMARTS) is 1. The van der Waals surface area contributed by atoms with Crippen LogP contribution in [0.4, 0.5) is 5.82 Å². The molecule has 0 saturated carbocycles. The first kappa shape index (κ1) is 20.6. The summed E-state index contributed by atoms with van der Waals surface area (Å²) in [5, 5.41) is 10.1. The van der Waals surface area contributed by atoms with Crippen LogP contribution in [0, 0.1) is 0 Å². The van der Waals surface area contributed by atoms with Gasteiger partial charge >= 0.3 is 5.97 Å². The van der Waals surface area contributed by atoms with Crippen molar-refractivity contribution in [2.24, 2.45) is 5.73 Å². The number of carbonyl (C=O) groups is 1. The minimum Gasteiger partial charge on any atom is -0.492 e. The molecule has 2 aromatic carbocycles. The van der Waals surface area contributed by atoms with Gasteiger partial charge in [-0.3, -0.25) is 9.69 Å². The molecule has 0 spiro atoms. The Morgan fingerprint density at radius 3 is 2.60 bits per heavy atom. The number of carboxylic acids is 1. The van der Waals surface area contributed by atoms with E-state index in [-0.39, 0.29) is 0 Å². The van der Waals surface area contributed by atoms with Crippen molar-refractivity contribution in [3.05, 3.63) is 54.1 Å². The molecular formula is C22H26N4O3S. The highest BCUT2D eigenvalue weighted by Crippen LogP contribution is 2.29. The van der Waals surface area contributed by atoms with E-state index < -0.39 is 12.0 Å². The molecule has 158 valence electrons. The molecule has 0 bridgehead atoms. The molecule has 1 aliphatic heterocycles. The first-order chi connectivity index (χ1) is 14.6. The van der Waals surface area contributed by atoms with Crippen molar-refractivity contribution in [1.29, 1.82) is 0 Å². The average molecular weight is 427 g/mol. The number of fused-ring (bicyclic) bond motifs is 1. The molecule has 1 aliphatic rings. The molecule has 4 rings (SSSR count). The van der Waals surface area contributed by atoms with Crippen molar-refractivity contribution in [1.82, 2.24) is 9.27 Å². The van der Waals surface area contributed by atoms with Crippen molar-refractivity contribution < 1.29 is 14.6 Å². The molecule has 2 heterocycles. The van der Waals surface area contributed by atoms with Gasteiger partial charge in [-0.25, -0.2) is 0 Å². The third kappa shape index (κ3) is 4.89. The Hall–Kier alpha value is -2.68. The highest BCUT2D eigenvalue weighted by Gasteiger charge is 2.20. The summed E-state index contributed by atoms with van der Waals surface area (Å²) in [6, 6.07) is 15.0. The van der Waals surface area contributed by atoms with Crippen LogP contribution < -0.4 is 15.4 Å². The van der Waals surface area contributed by atoms with Crippen molar-refractivity contribution in [3.63, 3.8) is 0 Å². The molecule has 3 N–H and O–H groups in total. The highest BCUT2D eigenvalue weighted by atomic mass is 32.1. The molecule has 1 fully saturated rings. The fraction of sp³-hybridized carbons (Fsp3) is 0.364. The van der Waals surface area contributed by atoms with Crippen LogP contribution in [0.5, 0.6) is 5.75 Å². The van der Waals surface area contributed by atoms with Crippen LogP contribution >= 0.6 is 11.5 Å². The SMILES string of the molecule is N[C@H](Cc1ccc(OCCN2CCN(c3nsc4ccccc34)CC2)cc1)C(=O)O. The topological polar surface area (TPSA) is 91.9 Å². The second-order valence-corrected chi connectivity index (χ2v) is 8.28. The van der Waals surface area contributed by atoms with Gasteiger partial charge in [0.1, 0.15) is 24.2 Å². The number of nitrogens with zero attached hydrogens (tertiary/aromatic N) is 3. The van der Waals surface area contributed by atoms with Crippen molar-refractivity contribution >= 4 is 33.4 Å². The van der Waals surface area contributed by atoms with E-state index in [9.17, 15) is 4.79 Å². The lowest BCUT2D eigenvalue weighted by Crippen LogP contribution is -2.47. The Morgan fingerprint density at radius 2 is 1.87 bits per heavy atom. The minimum absolute atomic E-state index is 0.314. The van der Waals surface area contributed by atoms with Gasteiger partial charge < -0.3 is 20.5 Å². The molecule has 8 heteroatoms. The molecule has 0 unspecified atom stereocenters. The van der Waals surface area contributed by atoms with E-state index >= 15 is 0 Å². The molecule has 30 heavy (non-hydrogen) atoms. The number of piperazine rings is 1. The molecule has 1 aromatic heterocycles. The lowest BCUT2D eigenvalue weighted by Gasteiger charge is -2.34. The van der Waals surface area contributed by atoms with Gasteiger partial charge in [-0.05, 0) is 47.8 Å². The van der Waals surface area contributed by atoms with E-state index in [1.807, 2.05) is 24.3 Å². The zero-order valence-corrected chi connectivity index (χ0v) is 17.6. The van der Waals surface area contributed by atoms with Crippen LogP contribution in [0.2, 0.25) is 0 Å². The normalized spacial score (nSPS) is 16.0. The summed E-state index contributed by atoms with van der Waals surface area (Å²) in [6.07, 6.45) is 0.314. The molecule has 1 saturated heterocycles. The second-order valence-electron chi connectivity index (χ2n) is 7.47. The van der Waals surface area contributed by atoms with Gasteiger partial charge in [0.25, 0.3) is 0 Å². The fourth-order valence-electron chi connectivity index (χ4n) is 3.64. The monoisotopic (exact) mass is 426 g/mol. The number of rotatable bonds is 8. The predicted molar refractivity (Wildman–Crippen MR) is 120 cm³/mol. The van der Waals surface area contributed by atoms with Crippen LogP contribution in [0.3, 0.4) is 0 Å². The smallest absolute Gasteiger partial charge is 0.320 e. The van der Waals surface area contributed by atoms with Crippen molar-refractivity contribution in [2.45, 2.75) is 12.5 Å². The van der Waals surface area contributed by atoms with Crippen molar-refractivity contribution in [2.75, 3.05) is 44.2 Å². The van der Waals surface area contributed by atoms with Gasteiger partial charge in [-0.2, -0.15) is 4.37 Å². The number of aromatic nitrogens is 1. The van der Waals surface area contributed by atoms with E-state index in [1.165, 1.54) is 10.1 Å². The number of ether oxygens (including phenoxy) is 1. The van der Waals surface area contributed by atoms with Crippen LogP contribution in [0.15, 0.2) is 48.5 Å². The Balaban J connectivity index is 1.21. The number of benzene rings is 2. The summed E-state index contributed by atoms with van der Waals surface area (Å²) in [5.41, 5.74) is 6.47. The minimum atomic E-state index is -0.988. The van der Waals surface area contributed by atoms with Gasteiger partial charge in [0, 0.05) is 38.1 Å². The van der Waals surface area contributed by atoms with Crippen LogP contribution in [-0.2, 0) is 11.2 Å². The van der Waals surface area contributed by atoms with Crippen LogP contribution in [0.25, 0.3) is 10.1 Å². The van der Waals surface area contributed by atoms with E-state index in [1.54, 1.807) is 11.5 Å². The lowest BCUT2D eigenvalue weighted by molar-refractivity contribution is -0.138. The zero-order chi connectivity index (χ0) is 20.9. The lowest BCUT2D eigenvalue weighted by atomic mass is 10.1. The standard InChI is InChI=1S/C22H26N4O3S/c23-19(22(27)28)15-16-5-7-17(8-6-16)29-14-13-25-9-11-26(12-10-25)21-18-3-1-2-4-20(18)30-24-21/h1-8,19H,9-15,23H2,(H,27,28)/t19-/m1/s1. The molecule has 0 amide bonds. The maximum atomic E-state index is 10.8. The molecule has 7 nitrogen and oxygen atoms in total. The largest absolute Gasteiger partial charge is 0.492 e. The summed E-state index contributed by atoms with van der Waals surface area (Å²) in [7, 11) is 0. The summed E-state index contributed by atoms with van der Waals surface area (Å²) >= 11 is 1.56. The fourth-order valence-corrected chi connectivity index (χ4v) is 4.44. The van der Waals surface area contributed by atoms with Crippen molar-refractivity contribution in [3.8, 4) is 5.75 Å². The Morgan fingerprint density at radius 1 is 1.13 bits per heavy atom. The molecule has 0 radical (unpaired) electrons. The van der Waals surface area contributed by atoms with Gasteiger partial charge in [-0.1, -0.05) is 24.3 Å². The number of anilines is 1. The first-order valence-corrected chi connectivity index (χ1v) is 10.9. The molecule has 0 aliphatic carbocycles. The van der Waals surface area contributed by atoms with Gasteiger partial charge in [0.2, 0.25) is 0 Å². The molecular weight excluding hydrogens is 400 g/mol. The number of nitrogens with two attached hydrogens (primary N) is 1. The van der Waals surface area contributed by atoms with E-state index in [2.05, 4.69) is 38.4 Å². The van der Waals surface area contributed by atoms with Crippen LogP contribution in [0.1, 0.15) is 5.56 Å². The van der Waals surface area contributed by atoms with Crippen LogP contribution in [-0.4, -0.2) is 65.7 Å². The first-order valence-electron chi connectivity index (χ1n) is 10.1. The van der Waals surface area contributed by atoms with Gasteiger partial charge in [0.05, 0.1) is 4.70 Å². The summed E-state index contributed by atoms with van der Waals surface area (Å²) in [6.45, 7) is 5.39. The van der Waals surface area contributed by atoms with Gasteiger partial charge in [-0.15, -0.1) is 0 Å². The number of aliphatic carboxylic acids is 1. The summed E-state index contributed by atoms with van der Waals surface area (Å²) < 4.78 is 11.8. The van der Waals surface area contributed by atoms with E-state index in [4.69, 9.17) is 15.6 Å². The summed E-state index contributed by atoms with van der Waals surface area (Å²) in [5.74, 6) is 0.905. The summed E-state index contributed by atoms with van der Waals surface area (Å²) in [4.78, 5) is 15.6. The molecule has 1 atom stereocenters. The maximum Gasteiger partial charge on any atom is 0.320 e. The zero-order valence-electron chi connectivity index (χ0n) is 16.7. The number of hydrogen-bond acceptors (Lipinski definition) is 7. The van der Waals surface area contributed by atoms with Gasteiger partial charge in [0.15, 0.2) is 0 Å².